The van der Waals surface area contributed by atoms with Gasteiger partial charge in [-0.25, -0.2) is 9.11 Å². The van der Waals surface area contributed by atoms with Gasteiger partial charge >= 0.3 is 0 Å². The molecule has 0 saturated heterocycles. The van der Waals surface area contributed by atoms with Crippen molar-refractivity contribution in [1.82, 2.24) is 9.29 Å². The van der Waals surface area contributed by atoms with Crippen molar-refractivity contribution in [3.8, 4) is 11.1 Å². The molecule has 6 nitrogen and oxygen atoms in total. The highest BCUT2D eigenvalue weighted by Crippen LogP contribution is 2.37. The number of hydrogen-bond acceptors (Lipinski definition) is 4. The second-order valence-corrected chi connectivity index (χ2v) is 8.27. The van der Waals surface area contributed by atoms with Crippen LogP contribution in [-0.2, 0) is 24.7 Å². The van der Waals surface area contributed by atoms with Gasteiger partial charge in [0.2, 0.25) is 0 Å². The summed E-state index contributed by atoms with van der Waals surface area (Å²) in [5.74, 6) is -0.323. The van der Waals surface area contributed by atoms with Crippen molar-refractivity contribution < 1.29 is 13.2 Å². The van der Waals surface area contributed by atoms with Crippen molar-refractivity contribution in [2.45, 2.75) is 19.4 Å². The number of rotatable bonds is 5. The van der Waals surface area contributed by atoms with E-state index < -0.39 is 11.3 Å². The van der Waals surface area contributed by atoms with Gasteiger partial charge in [-0.15, -0.1) is 0 Å². The monoisotopic (exact) mass is 438 g/mol. The van der Waals surface area contributed by atoms with Crippen LogP contribution in [0.5, 0.6) is 0 Å². The van der Waals surface area contributed by atoms with Gasteiger partial charge in [0.1, 0.15) is 5.82 Å². The Bertz CT molecular complexity index is 1250. The average Bonchev–Trinajstić information content (AvgIpc) is 2.84. The number of aliphatic imine (C=N–C) groups is 1. The molecular formula is C23H21FN3O3S-. The van der Waals surface area contributed by atoms with Gasteiger partial charge < -0.3 is 9.12 Å². The van der Waals surface area contributed by atoms with Crippen molar-refractivity contribution >= 4 is 17.0 Å². The van der Waals surface area contributed by atoms with Crippen molar-refractivity contribution in [3.63, 3.8) is 0 Å². The van der Waals surface area contributed by atoms with E-state index in [0.717, 1.165) is 39.1 Å². The Morgan fingerprint density at radius 2 is 1.87 bits per heavy atom. The number of aromatic nitrogens is 1. The van der Waals surface area contributed by atoms with E-state index in [9.17, 15) is 17.9 Å². The zero-order chi connectivity index (χ0) is 22.1. The highest BCUT2D eigenvalue weighted by atomic mass is 32.2. The minimum atomic E-state index is -2.31. The normalized spacial score (nSPS) is 16.1. The standard InChI is InChI=1S/C23H22FN3O3S/c1-14-19-12-22(28)27(2)13-21(19)20-11-15(9-10-25-31(29)30)3-8-18(20)23(26-14)16-4-6-17(24)7-5-16/h3-8,11-14,25H,9-10H2,1-2H3,(H,29,30)/p-1/t14-/m0/s1. The van der Waals surface area contributed by atoms with Crippen LogP contribution in [0.3, 0.4) is 0 Å². The number of nitrogens with one attached hydrogen (secondary N) is 1. The van der Waals surface area contributed by atoms with E-state index in [0.29, 0.717) is 6.42 Å². The fourth-order valence-electron chi connectivity index (χ4n) is 3.84. The molecule has 0 amide bonds. The Hall–Kier alpha value is -2.94. The average molecular weight is 439 g/mol. The molecule has 0 aliphatic carbocycles. The van der Waals surface area contributed by atoms with Gasteiger partial charge in [0.15, 0.2) is 0 Å². The van der Waals surface area contributed by atoms with Crippen molar-refractivity contribution in [2.24, 2.45) is 12.0 Å². The lowest BCUT2D eigenvalue weighted by Gasteiger charge is -2.15. The molecule has 160 valence electrons. The van der Waals surface area contributed by atoms with Crippen LogP contribution < -0.4 is 10.3 Å². The molecule has 2 aromatic carbocycles. The van der Waals surface area contributed by atoms with Crippen LogP contribution in [0.25, 0.3) is 11.1 Å². The first-order valence-electron chi connectivity index (χ1n) is 9.84. The summed E-state index contributed by atoms with van der Waals surface area (Å²) < 4.78 is 39.0. The Morgan fingerprint density at radius 3 is 2.58 bits per heavy atom. The maximum atomic E-state index is 13.5. The fourth-order valence-corrected chi connectivity index (χ4v) is 4.11. The molecule has 2 heterocycles. The third-order valence-electron chi connectivity index (χ3n) is 5.41. The van der Waals surface area contributed by atoms with Gasteiger partial charge in [0.25, 0.3) is 5.56 Å². The number of nitrogens with zero attached hydrogens (tertiary/aromatic N) is 2. The maximum Gasteiger partial charge on any atom is 0.250 e. The summed E-state index contributed by atoms with van der Waals surface area (Å²) in [6.07, 6.45) is 2.33. The molecule has 4 rings (SSSR count). The molecule has 0 radical (unpaired) electrons. The summed E-state index contributed by atoms with van der Waals surface area (Å²) in [6.45, 7) is 2.21. The zero-order valence-corrected chi connectivity index (χ0v) is 17.9. The summed E-state index contributed by atoms with van der Waals surface area (Å²) >= 11 is -2.31. The first-order chi connectivity index (χ1) is 14.8. The molecule has 2 atom stereocenters. The SMILES string of the molecule is C[C@@H]1N=C(c2ccc(F)cc2)c2ccc(CCNS(=O)[O-])cc2-c2cn(C)c(=O)cc21. The molecule has 0 spiro atoms. The number of pyridine rings is 1. The predicted octanol–water partition coefficient (Wildman–Crippen LogP) is 3.03. The molecule has 8 heteroatoms. The summed E-state index contributed by atoms with van der Waals surface area (Å²) in [7, 11) is 1.71. The van der Waals surface area contributed by atoms with Gasteiger partial charge in [-0.2, -0.15) is 0 Å². The Labute approximate surface area is 181 Å². The summed E-state index contributed by atoms with van der Waals surface area (Å²) in [4.78, 5) is 17.2. The first-order valence-corrected chi connectivity index (χ1v) is 10.9. The quantitative estimate of drug-likeness (QED) is 0.622. The summed E-state index contributed by atoms with van der Waals surface area (Å²) in [5.41, 5.74) is 5.82. The Balaban J connectivity index is 1.90. The van der Waals surface area contributed by atoms with E-state index in [1.54, 1.807) is 25.2 Å². The van der Waals surface area contributed by atoms with Gasteiger partial charge in [0, 0.05) is 53.8 Å². The minimum absolute atomic E-state index is 0.120. The molecule has 0 saturated carbocycles. The highest BCUT2D eigenvalue weighted by Gasteiger charge is 2.24. The molecular weight excluding hydrogens is 417 g/mol. The van der Waals surface area contributed by atoms with E-state index in [2.05, 4.69) is 4.72 Å². The lowest BCUT2D eigenvalue weighted by molar-refractivity contribution is 0.523. The van der Waals surface area contributed by atoms with E-state index in [1.165, 1.54) is 16.7 Å². The van der Waals surface area contributed by atoms with E-state index in [1.807, 2.05) is 31.3 Å². The molecule has 1 N–H and O–H groups in total. The largest absolute Gasteiger partial charge is 0.760 e. The molecule has 1 unspecified atom stereocenters. The van der Waals surface area contributed by atoms with Crippen LogP contribution in [0.4, 0.5) is 4.39 Å². The molecule has 1 aromatic heterocycles. The molecule has 0 fully saturated rings. The second-order valence-electron chi connectivity index (χ2n) is 7.51. The number of aryl methyl sites for hydroxylation is 1. The van der Waals surface area contributed by atoms with Crippen LogP contribution in [-0.4, -0.2) is 25.6 Å². The molecule has 3 aromatic rings. The van der Waals surface area contributed by atoms with Gasteiger partial charge in [-0.1, -0.05) is 18.2 Å². The molecule has 0 bridgehead atoms. The lowest BCUT2D eigenvalue weighted by Crippen LogP contribution is -2.19. The van der Waals surface area contributed by atoms with Gasteiger partial charge in [0.05, 0.1) is 11.8 Å². The van der Waals surface area contributed by atoms with Crippen LogP contribution in [0.1, 0.15) is 35.2 Å². The predicted molar refractivity (Wildman–Crippen MR) is 118 cm³/mol. The molecule has 1 aliphatic rings. The second kappa shape index (κ2) is 8.66. The fraction of sp³-hybridized carbons (Fsp3) is 0.217. The Kier molecular flexibility index (Phi) is 5.95. The topological polar surface area (TPSA) is 86.5 Å². The number of benzene rings is 2. The zero-order valence-electron chi connectivity index (χ0n) is 17.1. The van der Waals surface area contributed by atoms with Gasteiger partial charge in [-0.05, 0) is 54.3 Å². The van der Waals surface area contributed by atoms with Crippen LogP contribution in [0, 0.1) is 5.82 Å². The van der Waals surface area contributed by atoms with Crippen LogP contribution in [0.2, 0.25) is 0 Å². The maximum absolute atomic E-state index is 13.5. The van der Waals surface area contributed by atoms with E-state index in [-0.39, 0.29) is 24.0 Å². The van der Waals surface area contributed by atoms with E-state index >= 15 is 0 Å². The van der Waals surface area contributed by atoms with Crippen molar-refractivity contribution in [1.29, 1.82) is 0 Å². The summed E-state index contributed by atoms with van der Waals surface area (Å²) in [5, 5.41) is 0. The number of hydrogen-bond donors (Lipinski definition) is 1. The number of halogens is 1. The molecule has 1 aliphatic heterocycles. The third kappa shape index (κ3) is 4.41. The number of fused-ring (bicyclic) bond motifs is 3. The molecule has 31 heavy (non-hydrogen) atoms. The van der Waals surface area contributed by atoms with Crippen LogP contribution >= 0.6 is 0 Å². The van der Waals surface area contributed by atoms with Crippen molar-refractivity contribution in [2.75, 3.05) is 6.54 Å². The first kappa shape index (κ1) is 21.3. The third-order valence-corrected chi connectivity index (χ3v) is 5.85. The van der Waals surface area contributed by atoms with Gasteiger partial charge in [-0.3, -0.25) is 14.0 Å². The van der Waals surface area contributed by atoms with Crippen LogP contribution in [0.15, 0.2) is 64.5 Å². The summed E-state index contributed by atoms with van der Waals surface area (Å²) in [6, 6.07) is 13.4. The van der Waals surface area contributed by atoms with Crippen molar-refractivity contribution in [3.05, 3.63) is 93.2 Å². The smallest absolute Gasteiger partial charge is 0.250 e. The lowest BCUT2D eigenvalue weighted by atomic mass is 9.90. The highest BCUT2D eigenvalue weighted by molar-refractivity contribution is 7.77. The Morgan fingerprint density at radius 1 is 1.13 bits per heavy atom. The minimum Gasteiger partial charge on any atom is -0.760 e. The van der Waals surface area contributed by atoms with E-state index in [4.69, 9.17) is 4.99 Å².